The predicted molar refractivity (Wildman–Crippen MR) is 86.9 cm³/mol. The van der Waals surface area contributed by atoms with E-state index in [1.54, 1.807) is 5.57 Å². The first-order chi connectivity index (χ1) is 9.98. The Labute approximate surface area is 130 Å². The van der Waals surface area contributed by atoms with Crippen molar-refractivity contribution in [2.45, 2.75) is 78.2 Å². The molecule has 1 heteroatoms. The molecule has 4 rings (SSSR count). The standard InChI is InChI=1S/C20H32O/c1-13-5-4-6-14-7-8-15-16-9-10-18(21)19(16,2)12-11-17(15)20(13,14)3/h5,14-18,21H,4,6-12H2,1-3H3/t14-,15+,16+,17+,18+,19+,20+/m1/s1. The molecule has 0 aromatic heterocycles. The lowest BCUT2D eigenvalue weighted by molar-refractivity contribution is -0.0983. The van der Waals surface area contributed by atoms with Gasteiger partial charge in [-0.1, -0.05) is 25.5 Å². The number of aliphatic hydroxyl groups is 1. The van der Waals surface area contributed by atoms with Gasteiger partial charge in [-0.25, -0.2) is 0 Å². The normalized spacial score (nSPS) is 56.2. The molecule has 3 fully saturated rings. The van der Waals surface area contributed by atoms with Gasteiger partial charge in [0, 0.05) is 0 Å². The summed E-state index contributed by atoms with van der Waals surface area (Å²) >= 11 is 0. The smallest absolute Gasteiger partial charge is 0.0596 e. The molecule has 4 aliphatic carbocycles. The van der Waals surface area contributed by atoms with E-state index < -0.39 is 0 Å². The quantitative estimate of drug-likeness (QED) is 0.626. The summed E-state index contributed by atoms with van der Waals surface area (Å²) in [5.74, 6) is 3.48. The van der Waals surface area contributed by atoms with Crippen LogP contribution in [-0.4, -0.2) is 11.2 Å². The zero-order chi connectivity index (χ0) is 14.8. The number of aliphatic hydroxyl groups excluding tert-OH is 1. The number of hydrogen-bond acceptors (Lipinski definition) is 1. The lowest BCUT2D eigenvalue weighted by Crippen LogP contribution is -2.53. The van der Waals surface area contributed by atoms with Crippen LogP contribution in [0.5, 0.6) is 0 Å². The third-order valence-corrected chi connectivity index (χ3v) is 8.67. The summed E-state index contributed by atoms with van der Waals surface area (Å²) in [6.07, 6.45) is 13.1. The molecule has 1 N–H and O–H groups in total. The maximum atomic E-state index is 10.5. The molecule has 0 amide bonds. The van der Waals surface area contributed by atoms with Crippen molar-refractivity contribution >= 4 is 0 Å². The highest BCUT2D eigenvalue weighted by atomic mass is 16.3. The average Bonchev–Trinajstić information content (AvgIpc) is 2.76. The highest BCUT2D eigenvalue weighted by Crippen LogP contribution is 2.66. The minimum absolute atomic E-state index is 0.0306. The van der Waals surface area contributed by atoms with Crippen LogP contribution in [0.4, 0.5) is 0 Å². The van der Waals surface area contributed by atoms with E-state index in [4.69, 9.17) is 0 Å². The van der Waals surface area contributed by atoms with Gasteiger partial charge in [-0.15, -0.1) is 0 Å². The average molecular weight is 288 g/mol. The highest BCUT2D eigenvalue weighted by molar-refractivity contribution is 5.22. The molecule has 118 valence electrons. The Morgan fingerprint density at radius 3 is 2.62 bits per heavy atom. The zero-order valence-electron chi connectivity index (χ0n) is 14.1. The fourth-order valence-corrected chi connectivity index (χ4v) is 7.18. The number of rotatable bonds is 0. The van der Waals surface area contributed by atoms with Crippen molar-refractivity contribution in [2.75, 3.05) is 0 Å². The van der Waals surface area contributed by atoms with Gasteiger partial charge in [0.25, 0.3) is 0 Å². The summed E-state index contributed by atoms with van der Waals surface area (Å²) < 4.78 is 0. The van der Waals surface area contributed by atoms with Gasteiger partial charge in [0.2, 0.25) is 0 Å². The minimum atomic E-state index is -0.0306. The van der Waals surface area contributed by atoms with E-state index in [9.17, 15) is 5.11 Å². The van der Waals surface area contributed by atoms with Crippen LogP contribution in [0.2, 0.25) is 0 Å². The number of allylic oxidation sites excluding steroid dienone is 2. The largest absolute Gasteiger partial charge is 0.393 e. The molecule has 3 saturated carbocycles. The molecule has 0 saturated heterocycles. The summed E-state index contributed by atoms with van der Waals surface area (Å²) in [5, 5.41) is 10.5. The van der Waals surface area contributed by atoms with Crippen molar-refractivity contribution in [3.05, 3.63) is 11.6 Å². The SMILES string of the molecule is CC1=CCC[C@@H]2CC[C@H]3[C@@H]4CC[C@H](O)[C@@]4(C)CC[C@@H]3[C@@]12C. The molecule has 1 nitrogen and oxygen atoms in total. The summed E-state index contributed by atoms with van der Waals surface area (Å²) in [4.78, 5) is 0. The maximum absolute atomic E-state index is 10.5. The second-order valence-electron chi connectivity index (χ2n) is 9.04. The Morgan fingerprint density at radius 2 is 1.81 bits per heavy atom. The van der Waals surface area contributed by atoms with Crippen LogP contribution in [-0.2, 0) is 0 Å². The molecule has 0 spiro atoms. The van der Waals surface area contributed by atoms with E-state index in [1.165, 1.54) is 44.9 Å². The number of fused-ring (bicyclic) bond motifs is 5. The van der Waals surface area contributed by atoms with Crippen LogP contribution in [0.3, 0.4) is 0 Å². The summed E-state index contributed by atoms with van der Waals surface area (Å²) in [6, 6.07) is 0. The lowest BCUT2D eigenvalue weighted by Gasteiger charge is -2.60. The Balaban J connectivity index is 1.70. The molecule has 0 aliphatic heterocycles. The summed E-state index contributed by atoms with van der Waals surface area (Å²) in [5.41, 5.74) is 2.39. The van der Waals surface area contributed by atoms with E-state index in [0.29, 0.717) is 5.41 Å². The van der Waals surface area contributed by atoms with Gasteiger partial charge in [0.1, 0.15) is 0 Å². The molecule has 0 radical (unpaired) electrons. The fourth-order valence-electron chi connectivity index (χ4n) is 7.18. The zero-order valence-corrected chi connectivity index (χ0v) is 14.1. The Bertz CT molecular complexity index is 466. The number of hydrogen-bond donors (Lipinski definition) is 1. The lowest BCUT2D eigenvalue weighted by atomic mass is 9.45. The molecule has 21 heavy (non-hydrogen) atoms. The van der Waals surface area contributed by atoms with Gasteiger partial charge in [-0.2, -0.15) is 0 Å². The second-order valence-corrected chi connectivity index (χ2v) is 9.04. The molecule has 4 aliphatic rings. The van der Waals surface area contributed by atoms with Crippen LogP contribution >= 0.6 is 0 Å². The third-order valence-electron chi connectivity index (χ3n) is 8.67. The second kappa shape index (κ2) is 4.60. The van der Waals surface area contributed by atoms with Crippen LogP contribution in [0.15, 0.2) is 11.6 Å². The topological polar surface area (TPSA) is 20.2 Å². The molecule has 0 unspecified atom stereocenters. The minimum Gasteiger partial charge on any atom is -0.393 e. The maximum Gasteiger partial charge on any atom is 0.0596 e. The third kappa shape index (κ3) is 1.73. The van der Waals surface area contributed by atoms with Crippen LogP contribution in [0.25, 0.3) is 0 Å². The first-order valence-corrected chi connectivity index (χ1v) is 9.33. The van der Waals surface area contributed by atoms with E-state index in [0.717, 1.165) is 30.1 Å². The van der Waals surface area contributed by atoms with E-state index >= 15 is 0 Å². The van der Waals surface area contributed by atoms with Gasteiger partial charge in [-0.3, -0.25) is 0 Å². The molecular formula is C20H32O. The van der Waals surface area contributed by atoms with Crippen molar-refractivity contribution in [3.8, 4) is 0 Å². The molecule has 0 aromatic carbocycles. The highest BCUT2D eigenvalue weighted by Gasteiger charge is 2.59. The fraction of sp³-hybridized carbons (Fsp3) is 0.900. The Kier molecular flexibility index (Phi) is 3.13. The van der Waals surface area contributed by atoms with Gasteiger partial charge >= 0.3 is 0 Å². The van der Waals surface area contributed by atoms with Crippen molar-refractivity contribution in [3.63, 3.8) is 0 Å². The van der Waals surface area contributed by atoms with Crippen molar-refractivity contribution in [1.29, 1.82) is 0 Å². The Hall–Kier alpha value is -0.300. The molecule has 0 heterocycles. The van der Waals surface area contributed by atoms with E-state index in [-0.39, 0.29) is 11.5 Å². The first-order valence-electron chi connectivity index (χ1n) is 9.33. The molecule has 0 bridgehead atoms. The van der Waals surface area contributed by atoms with Gasteiger partial charge in [0.05, 0.1) is 6.10 Å². The van der Waals surface area contributed by atoms with Crippen LogP contribution in [0.1, 0.15) is 72.1 Å². The van der Waals surface area contributed by atoms with Gasteiger partial charge in [0.15, 0.2) is 0 Å². The van der Waals surface area contributed by atoms with Crippen LogP contribution in [0, 0.1) is 34.5 Å². The Morgan fingerprint density at radius 1 is 1.00 bits per heavy atom. The van der Waals surface area contributed by atoms with Gasteiger partial charge < -0.3 is 5.11 Å². The van der Waals surface area contributed by atoms with Crippen molar-refractivity contribution in [1.82, 2.24) is 0 Å². The molecule has 0 aromatic rings. The van der Waals surface area contributed by atoms with E-state index in [2.05, 4.69) is 26.8 Å². The summed E-state index contributed by atoms with van der Waals surface area (Å²) in [7, 11) is 0. The van der Waals surface area contributed by atoms with Crippen molar-refractivity contribution in [2.24, 2.45) is 34.5 Å². The first kappa shape index (κ1) is 14.3. The molecule has 7 atom stereocenters. The van der Waals surface area contributed by atoms with Gasteiger partial charge in [-0.05, 0) is 92.8 Å². The predicted octanol–water partition coefficient (Wildman–Crippen LogP) is 4.95. The monoisotopic (exact) mass is 288 g/mol. The summed E-state index contributed by atoms with van der Waals surface area (Å²) in [6.45, 7) is 7.39. The van der Waals surface area contributed by atoms with Crippen LogP contribution < -0.4 is 0 Å². The van der Waals surface area contributed by atoms with Crippen molar-refractivity contribution < 1.29 is 5.11 Å². The van der Waals surface area contributed by atoms with E-state index in [1.807, 2.05) is 0 Å². The molecular weight excluding hydrogens is 256 g/mol.